The van der Waals surface area contributed by atoms with E-state index in [-0.39, 0.29) is 0 Å². The lowest BCUT2D eigenvalue weighted by Crippen LogP contribution is -2.53. The molecule has 0 fully saturated rings. The largest absolute Gasteiger partial charge is 0.430 e. The maximum Gasteiger partial charge on any atom is 0.430 e. The maximum absolute atomic E-state index is 13.0. The molecular formula is C18H13F6N3O. The number of nitrogens with zero attached hydrogens (tertiary/aromatic N) is 3. The van der Waals surface area contributed by atoms with Gasteiger partial charge < -0.3 is 9.67 Å². The number of aromatic nitrogens is 3. The first-order valence-corrected chi connectivity index (χ1v) is 7.93. The Morgan fingerprint density at radius 3 is 2.00 bits per heavy atom. The van der Waals surface area contributed by atoms with Crippen molar-refractivity contribution in [2.24, 2.45) is 0 Å². The van der Waals surface area contributed by atoms with E-state index in [1.807, 2.05) is 0 Å². The molecular weight excluding hydrogens is 388 g/mol. The van der Waals surface area contributed by atoms with Gasteiger partial charge in [0.15, 0.2) is 0 Å². The van der Waals surface area contributed by atoms with Crippen LogP contribution < -0.4 is 0 Å². The van der Waals surface area contributed by atoms with Gasteiger partial charge in [0.25, 0.3) is 5.60 Å². The minimum absolute atomic E-state index is 0.291. The Hall–Kier alpha value is -2.88. The van der Waals surface area contributed by atoms with Gasteiger partial charge in [0, 0.05) is 42.0 Å². The van der Waals surface area contributed by atoms with Gasteiger partial charge in [-0.3, -0.25) is 4.98 Å². The number of rotatable bonds is 4. The number of pyridine rings is 1. The van der Waals surface area contributed by atoms with Crippen molar-refractivity contribution in [3.05, 3.63) is 78.1 Å². The number of aliphatic hydroxyl groups is 1. The van der Waals surface area contributed by atoms with Gasteiger partial charge in [0.05, 0.1) is 0 Å². The van der Waals surface area contributed by atoms with Crippen LogP contribution in [0.25, 0.3) is 5.69 Å². The van der Waals surface area contributed by atoms with E-state index in [0.29, 0.717) is 35.8 Å². The fraction of sp³-hybridized carbons (Fsp3) is 0.222. The van der Waals surface area contributed by atoms with Crippen molar-refractivity contribution in [2.75, 3.05) is 0 Å². The lowest BCUT2D eigenvalue weighted by Gasteiger charge is -2.32. The SMILES string of the molecule is OC(c1ccc(-n2ccnc2Cc2ccccn2)cc1)(C(F)(F)F)C(F)(F)F. The normalized spacial score (nSPS) is 13.0. The molecule has 28 heavy (non-hydrogen) atoms. The highest BCUT2D eigenvalue weighted by molar-refractivity contribution is 5.39. The molecule has 0 saturated heterocycles. The molecule has 10 heteroatoms. The first-order valence-electron chi connectivity index (χ1n) is 7.93. The first-order chi connectivity index (χ1) is 13.0. The number of hydrogen-bond acceptors (Lipinski definition) is 3. The van der Waals surface area contributed by atoms with Gasteiger partial charge >= 0.3 is 12.4 Å². The van der Waals surface area contributed by atoms with Crippen LogP contribution in [0.3, 0.4) is 0 Å². The van der Waals surface area contributed by atoms with Crippen molar-refractivity contribution in [2.45, 2.75) is 24.4 Å². The quantitative estimate of drug-likeness (QED) is 0.668. The highest BCUT2D eigenvalue weighted by Gasteiger charge is 2.71. The van der Waals surface area contributed by atoms with Gasteiger partial charge in [0.2, 0.25) is 0 Å². The van der Waals surface area contributed by atoms with E-state index < -0.39 is 23.5 Å². The molecule has 1 N–H and O–H groups in total. The summed E-state index contributed by atoms with van der Waals surface area (Å²) in [7, 11) is 0. The second-order valence-corrected chi connectivity index (χ2v) is 5.96. The van der Waals surface area contributed by atoms with Crippen LogP contribution >= 0.6 is 0 Å². The van der Waals surface area contributed by atoms with Gasteiger partial charge in [-0.1, -0.05) is 18.2 Å². The third kappa shape index (κ3) is 3.47. The smallest absolute Gasteiger partial charge is 0.369 e. The third-order valence-corrected chi connectivity index (χ3v) is 4.17. The fourth-order valence-electron chi connectivity index (χ4n) is 2.72. The molecule has 0 amide bonds. The lowest BCUT2D eigenvalue weighted by atomic mass is 9.92. The van der Waals surface area contributed by atoms with Gasteiger partial charge in [-0.05, 0) is 24.3 Å². The minimum Gasteiger partial charge on any atom is -0.369 e. The Bertz CT molecular complexity index is 918. The van der Waals surface area contributed by atoms with Crippen LogP contribution in [0, 0.1) is 0 Å². The summed E-state index contributed by atoms with van der Waals surface area (Å²) in [5.41, 5.74) is -5.29. The molecule has 3 rings (SSSR count). The third-order valence-electron chi connectivity index (χ3n) is 4.17. The number of benzene rings is 1. The van der Waals surface area contributed by atoms with Crippen LogP contribution in [0.1, 0.15) is 17.1 Å². The minimum atomic E-state index is -5.92. The van der Waals surface area contributed by atoms with Gasteiger partial charge in [-0.15, -0.1) is 0 Å². The average Bonchev–Trinajstić information content (AvgIpc) is 3.08. The summed E-state index contributed by atoms with van der Waals surface area (Å²) in [6.45, 7) is 0. The zero-order valence-corrected chi connectivity index (χ0v) is 14.0. The molecule has 0 saturated carbocycles. The number of imidazole rings is 1. The molecule has 0 radical (unpaired) electrons. The highest BCUT2D eigenvalue weighted by Crippen LogP contribution is 2.50. The zero-order chi connectivity index (χ0) is 20.6. The van der Waals surface area contributed by atoms with E-state index in [1.54, 1.807) is 24.4 Å². The van der Waals surface area contributed by atoms with Crippen molar-refractivity contribution < 1.29 is 31.4 Å². The Morgan fingerprint density at radius 1 is 0.821 bits per heavy atom. The summed E-state index contributed by atoms with van der Waals surface area (Å²) in [5.74, 6) is 0.494. The van der Waals surface area contributed by atoms with Crippen molar-refractivity contribution >= 4 is 0 Å². The van der Waals surface area contributed by atoms with Gasteiger partial charge in [0.1, 0.15) is 5.82 Å². The average molecular weight is 401 g/mol. The molecule has 0 spiro atoms. The second kappa shape index (κ2) is 6.93. The van der Waals surface area contributed by atoms with Crippen molar-refractivity contribution in [3.8, 4) is 5.69 Å². The van der Waals surface area contributed by atoms with E-state index in [2.05, 4.69) is 9.97 Å². The van der Waals surface area contributed by atoms with Crippen LogP contribution in [0.15, 0.2) is 61.1 Å². The Morgan fingerprint density at radius 2 is 1.46 bits per heavy atom. The van der Waals surface area contributed by atoms with Crippen molar-refractivity contribution in [1.82, 2.24) is 14.5 Å². The molecule has 0 unspecified atom stereocenters. The predicted octanol–water partition coefficient (Wildman–Crippen LogP) is 4.17. The fourth-order valence-corrected chi connectivity index (χ4v) is 2.72. The summed E-state index contributed by atoms with van der Waals surface area (Å²) in [6.07, 6.45) is -6.98. The van der Waals surface area contributed by atoms with E-state index in [9.17, 15) is 31.4 Å². The molecule has 0 aliphatic heterocycles. The molecule has 4 nitrogen and oxygen atoms in total. The van der Waals surface area contributed by atoms with Crippen LogP contribution in [0.2, 0.25) is 0 Å². The Balaban J connectivity index is 1.95. The number of alkyl halides is 6. The maximum atomic E-state index is 13.0. The molecule has 2 aromatic heterocycles. The van der Waals surface area contributed by atoms with E-state index in [4.69, 9.17) is 0 Å². The van der Waals surface area contributed by atoms with Crippen LogP contribution in [0.4, 0.5) is 26.3 Å². The van der Waals surface area contributed by atoms with E-state index in [0.717, 1.165) is 12.1 Å². The monoisotopic (exact) mass is 401 g/mol. The molecule has 0 aliphatic rings. The number of halogens is 6. The molecule has 0 atom stereocenters. The van der Waals surface area contributed by atoms with Crippen LogP contribution in [-0.4, -0.2) is 32.0 Å². The summed E-state index contributed by atoms with van der Waals surface area (Å²) < 4.78 is 79.4. The van der Waals surface area contributed by atoms with Gasteiger partial charge in [-0.25, -0.2) is 4.98 Å². The number of hydrogen-bond donors (Lipinski definition) is 1. The van der Waals surface area contributed by atoms with Crippen molar-refractivity contribution in [3.63, 3.8) is 0 Å². The lowest BCUT2D eigenvalue weighted by molar-refractivity contribution is -0.376. The highest BCUT2D eigenvalue weighted by atomic mass is 19.4. The van der Waals surface area contributed by atoms with Crippen LogP contribution in [0.5, 0.6) is 0 Å². The van der Waals surface area contributed by atoms with E-state index in [1.165, 1.54) is 17.0 Å². The summed E-state index contributed by atoms with van der Waals surface area (Å²) in [6, 6.07) is 8.58. The Kier molecular flexibility index (Phi) is 4.92. The zero-order valence-electron chi connectivity index (χ0n) is 14.0. The standard InChI is InChI=1S/C18H13F6N3O/c19-17(20,21)16(28,18(22,23)24)12-4-6-14(7-5-12)27-10-9-26-15(27)11-13-3-1-2-8-25-13/h1-10,28H,11H2. The molecule has 2 heterocycles. The molecule has 0 bridgehead atoms. The summed E-state index contributed by atoms with van der Waals surface area (Å²) in [5, 5.41) is 9.45. The topological polar surface area (TPSA) is 50.9 Å². The summed E-state index contributed by atoms with van der Waals surface area (Å²) in [4.78, 5) is 8.30. The molecule has 148 valence electrons. The summed E-state index contributed by atoms with van der Waals surface area (Å²) >= 11 is 0. The van der Waals surface area contributed by atoms with Gasteiger partial charge in [-0.2, -0.15) is 26.3 Å². The van der Waals surface area contributed by atoms with E-state index >= 15 is 0 Å². The molecule has 3 aromatic rings. The second-order valence-electron chi connectivity index (χ2n) is 5.96. The first kappa shape index (κ1) is 19.9. The van der Waals surface area contributed by atoms with Crippen molar-refractivity contribution in [1.29, 1.82) is 0 Å². The molecule has 0 aliphatic carbocycles. The van der Waals surface area contributed by atoms with Crippen LogP contribution in [-0.2, 0) is 12.0 Å². The molecule has 1 aromatic carbocycles. The predicted molar refractivity (Wildman–Crippen MR) is 86.6 cm³/mol. The Labute approximate surface area is 155 Å².